The number of anilines is 1. The normalized spacial score (nSPS) is 21.6. The second-order valence-corrected chi connectivity index (χ2v) is 11.9. The van der Waals surface area contributed by atoms with Crippen LogP contribution in [0.15, 0.2) is 48.5 Å². The summed E-state index contributed by atoms with van der Waals surface area (Å²) < 4.78 is 41.8. The largest absolute Gasteiger partial charge is 0.430 e. The first-order valence-electron chi connectivity index (χ1n) is 13.9. The fourth-order valence-corrected chi connectivity index (χ4v) is 6.38. The number of hydrogen-bond donors (Lipinski definition) is 2. The number of hydrogen-bond acceptors (Lipinski definition) is 4. The average Bonchev–Trinajstić information content (AvgIpc) is 3.87. The third-order valence-corrected chi connectivity index (χ3v) is 9.30. The lowest BCUT2D eigenvalue weighted by molar-refractivity contribution is -0.262. The Morgan fingerprint density at radius 3 is 2.40 bits per heavy atom. The number of carbonyl (C=O) groups is 2. The topological polar surface area (TPSA) is 72.9 Å². The molecule has 1 unspecified atom stereocenters. The highest BCUT2D eigenvalue weighted by molar-refractivity contribution is 6.34. The van der Waals surface area contributed by atoms with E-state index in [1.807, 2.05) is 13.1 Å². The third kappa shape index (κ3) is 5.55. The van der Waals surface area contributed by atoms with Gasteiger partial charge in [0.05, 0.1) is 10.6 Å². The van der Waals surface area contributed by atoms with E-state index in [-0.39, 0.29) is 24.4 Å². The highest BCUT2D eigenvalue weighted by Gasteiger charge is 2.63. The molecule has 2 amide bonds. The molecule has 0 radical (unpaired) electrons. The van der Waals surface area contributed by atoms with Crippen LogP contribution < -0.4 is 5.32 Å². The van der Waals surface area contributed by atoms with Crippen LogP contribution in [0.25, 0.3) is 0 Å². The summed E-state index contributed by atoms with van der Waals surface area (Å²) in [6.07, 6.45) is 1.13. The van der Waals surface area contributed by atoms with Gasteiger partial charge in [-0.05, 0) is 74.5 Å². The molecule has 6 nitrogen and oxygen atoms in total. The maximum absolute atomic E-state index is 13.9. The van der Waals surface area contributed by atoms with E-state index in [4.69, 9.17) is 11.6 Å². The van der Waals surface area contributed by atoms with Crippen molar-refractivity contribution in [1.82, 2.24) is 9.80 Å². The number of halogens is 4. The number of carbonyl (C=O) groups excluding carboxylic acids is 2. The third-order valence-electron chi connectivity index (χ3n) is 8.99. The number of likely N-dealkylation sites (tertiary alicyclic amines) is 1. The molecule has 1 spiro atoms. The number of nitrogens with one attached hydrogen (secondary N) is 1. The second-order valence-electron chi connectivity index (χ2n) is 11.5. The van der Waals surface area contributed by atoms with Gasteiger partial charge in [-0.2, -0.15) is 13.2 Å². The molecule has 2 saturated carbocycles. The molecular formula is C30H35ClF3N3O3. The minimum absolute atomic E-state index is 0.0611. The zero-order chi connectivity index (χ0) is 28.7. The Bertz CT molecular complexity index is 1250. The van der Waals surface area contributed by atoms with Crippen molar-refractivity contribution in [3.63, 3.8) is 0 Å². The molecule has 2 aliphatic carbocycles. The summed E-state index contributed by atoms with van der Waals surface area (Å²) in [4.78, 5) is 28.5. The van der Waals surface area contributed by atoms with E-state index in [0.29, 0.717) is 35.4 Å². The van der Waals surface area contributed by atoms with Crippen molar-refractivity contribution in [2.75, 3.05) is 32.0 Å². The maximum Gasteiger partial charge on any atom is 0.430 e. The van der Waals surface area contributed by atoms with E-state index < -0.39 is 23.2 Å². The van der Waals surface area contributed by atoms with Crippen molar-refractivity contribution in [2.24, 2.45) is 11.3 Å². The number of alkyl halides is 3. The fourth-order valence-electron chi connectivity index (χ4n) is 6.12. The van der Waals surface area contributed by atoms with Crippen LogP contribution >= 0.6 is 11.6 Å². The minimum atomic E-state index is -5.12. The Morgan fingerprint density at radius 1 is 1.12 bits per heavy atom. The lowest BCUT2D eigenvalue weighted by atomic mass is 9.86. The molecule has 3 fully saturated rings. The first-order valence-corrected chi connectivity index (χ1v) is 14.3. The molecule has 216 valence electrons. The lowest BCUT2D eigenvalue weighted by Crippen LogP contribution is -2.57. The van der Waals surface area contributed by atoms with Crippen LogP contribution in [0.2, 0.25) is 5.02 Å². The van der Waals surface area contributed by atoms with Crippen LogP contribution in [0.4, 0.5) is 18.9 Å². The minimum Gasteiger partial charge on any atom is -0.385 e. The van der Waals surface area contributed by atoms with Crippen molar-refractivity contribution >= 4 is 29.1 Å². The van der Waals surface area contributed by atoms with Crippen LogP contribution in [0.3, 0.4) is 0 Å². The summed E-state index contributed by atoms with van der Waals surface area (Å²) in [6.45, 7) is 1.15. The molecule has 1 aliphatic heterocycles. The maximum atomic E-state index is 13.9. The molecule has 2 atom stereocenters. The molecule has 0 aromatic heterocycles. The number of benzene rings is 2. The van der Waals surface area contributed by atoms with Crippen LogP contribution in [-0.4, -0.2) is 65.6 Å². The fraction of sp³-hybridized carbons (Fsp3) is 0.533. The van der Waals surface area contributed by atoms with Gasteiger partial charge in [-0.3, -0.25) is 9.59 Å². The molecule has 40 heavy (non-hydrogen) atoms. The molecule has 5 rings (SSSR count). The molecule has 3 aliphatic rings. The lowest BCUT2D eigenvalue weighted by Gasteiger charge is -2.39. The molecule has 1 heterocycles. The summed E-state index contributed by atoms with van der Waals surface area (Å²) in [5.41, 5.74) is -2.58. The number of aliphatic hydroxyl groups is 1. The van der Waals surface area contributed by atoms with E-state index in [9.17, 15) is 27.9 Å². The molecule has 2 aromatic rings. The molecular weight excluding hydrogens is 543 g/mol. The van der Waals surface area contributed by atoms with Crippen molar-refractivity contribution in [1.29, 1.82) is 0 Å². The van der Waals surface area contributed by atoms with Crippen LogP contribution in [0.5, 0.6) is 0 Å². The SMILES string of the molecule is CN(C(=O)c1ccc(NCCC[C@@H]2CC23CCN(C(=O)C(O)(c2ccccc2)C(F)(F)F)CC3)cc1Cl)C1CC1. The predicted molar refractivity (Wildman–Crippen MR) is 147 cm³/mol. The van der Waals surface area contributed by atoms with Crippen LogP contribution in [0, 0.1) is 11.3 Å². The summed E-state index contributed by atoms with van der Waals surface area (Å²) >= 11 is 6.39. The zero-order valence-electron chi connectivity index (χ0n) is 22.5. The highest BCUT2D eigenvalue weighted by Crippen LogP contribution is 2.61. The van der Waals surface area contributed by atoms with Gasteiger partial charge in [-0.25, -0.2) is 0 Å². The molecule has 1 saturated heterocycles. The number of rotatable bonds is 9. The number of nitrogens with zero attached hydrogens (tertiary/aromatic N) is 2. The first kappa shape index (κ1) is 28.7. The zero-order valence-corrected chi connectivity index (χ0v) is 23.3. The van der Waals surface area contributed by atoms with Gasteiger partial charge in [0.25, 0.3) is 17.4 Å². The van der Waals surface area contributed by atoms with Gasteiger partial charge in [0.1, 0.15) is 0 Å². The monoisotopic (exact) mass is 577 g/mol. The van der Waals surface area contributed by atoms with E-state index in [2.05, 4.69) is 5.32 Å². The predicted octanol–water partition coefficient (Wildman–Crippen LogP) is 5.85. The van der Waals surface area contributed by atoms with E-state index in [1.165, 1.54) is 17.0 Å². The quantitative estimate of drug-likeness (QED) is 0.367. The smallest absolute Gasteiger partial charge is 0.385 e. The van der Waals surface area contributed by atoms with Crippen molar-refractivity contribution in [3.05, 3.63) is 64.7 Å². The Kier molecular flexibility index (Phi) is 7.83. The van der Waals surface area contributed by atoms with Crippen molar-refractivity contribution in [2.45, 2.75) is 62.8 Å². The molecule has 2 aromatic carbocycles. The first-order chi connectivity index (χ1) is 19.0. The molecule has 10 heteroatoms. The number of piperidine rings is 1. The Morgan fingerprint density at radius 2 is 1.80 bits per heavy atom. The molecule has 2 N–H and O–H groups in total. The van der Waals surface area contributed by atoms with E-state index >= 15 is 0 Å². The summed E-state index contributed by atoms with van der Waals surface area (Å²) in [5, 5.41) is 14.4. The standard InChI is InChI=1S/C30H35ClF3N3O3/c1-36(23-10-11-23)26(38)24-12-9-22(18-25(24)31)35-15-5-8-21-19-28(21)13-16-37(17-14-28)27(39)29(40,30(32,33)34)20-6-3-2-4-7-20/h2-4,6-7,9,12,18,21,23,35,40H,5,8,10-11,13-17,19H2,1H3/t21-,29?/m1/s1. The van der Waals surface area contributed by atoms with Gasteiger partial charge in [0.15, 0.2) is 0 Å². The number of amides is 2. The summed E-state index contributed by atoms with van der Waals surface area (Å²) in [6, 6.07) is 12.3. The van der Waals surface area contributed by atoms with Gasteiger partial charge in [0.2, 0.25) is 0 Å². The van der Waals surface area contributed by atoms with Crippen molar-refractivity contribution in [3.8, 4) is 0 Å². The summed E-state index contributed by atoms with van der Waals surface area (Å²) in [5.74, 6) is -0.884. The van der Waals surface area contributed by atoms with Crippen LogP contribution in [-0.2, 0) is 10.4 Å². The van der Waals surface area contributed by atoms with Gasteiger partial charge in [0, 0.05) is 44.0 Å². The van der Waals surface area contributed by atoms with E-state index in [1.54, 1.807) is 23.1 Å². The van der Waals surface area contributed by atoms with Gasteiger partial charge in [-0.15, -0.1) is 0 Å². The van der Waals surface area contributed by atoms with E-state index in [0.717, 1.165) is 56.5 Å². The Balaban J connectivity index is 1.08. The highest BCUT2D eigenvalue weighted by atomic mass is 35.5. The van der Waals surface area contributed by atoms with Gasteiger partial charge >= 0.3 is 6.18 Å². The molecule has 0 bridgehead atoms. The second kappa shape index (κ2) is 10.9. The van der Waals surface area contributed by atoms with Crippen molar-refractivity contribution < 1.29 is 27.9 Å². The van der Waals surface area contributed by atoms with Gasteiger partial charge in [-0.1, -0.05) is 41.9 Å². The summed E-state index contributed by atoms with van der Waals surface area (Å²) in [7, 11) is 1.81. The van der Waals surface area contributed by atoms with Gasteiger partial charge < -0.3 is 20.2 Å². The Labute approximate surface area is 237 Å². The average molecular weight is 578 g/mol. The van der Waals surface area contributed by atoms with Crippen LogP contribution in [0.1, 0.15) is 60.9 Å². The Hall–Kier alpha value is -2.78.